The first-order valence-electron chi connectivity index (χ1n) is 9.94. The lowest BCUT2D eigenvalue weighted by atomic mass is 9.82. The lowest BCUT2D eigenvalue weighted by molar-refractivity contribution is 0.0977. The molecule has 4 N–H and O–H groups in total. The Bertz CT molecular complexity index is 1170. The van der Waals surface area contributed by atoms with Gasteiger partial charge in [0.2, 0.25) is 0 Å². The molecule has 4 rings (SSSR count). The van der Waals surface area contributed by atoms with Crippen molar-refractivity contribution in [2.24, 2.45) is 0 Å². The highest BCUT2D eigenvalue weighted by atomic mass is 16.5. The number of carbonyl (C=O) groups is 2. The minimum atomic E-state index is -0.458. The molecule has 0 saturated carbocycles. The molecule has 0 aliphatic heterocycles. The van der Waals surface area contributed by atoms with E-state index in [0.717, 1.165) is 0 Å². The zero-order chi connectivity index (χ0) is 22.7. The van der Waals surface area contributed by atoms with Gasteiger partial charge in [-0.15, -0.1) is 0 Å². The number of hydrogen-bond donors (Lipinski definition) is 3. The summed E-state index contributed by atoms with van der Waals surface area (Å²) >= 11 is 0. The van der Waals surface area contributed by atoms with Crippen LogP contribution in [0.5, 0.6) is 23.0 Å². The number of phenols is 1. The number of nitrogen functional groups attached to an aromatic ring is 1. The highest BCUT2D eigenvalue weighted by molar-refractivity contribution is 6.31. The minimum Gasteiger partial charge on any atom is -0.507 e. The highest BCUT2D eigenvalue weighted by Crippen LogP contribution is 2.41. The zero-order valence-electron chi connectivity index (χ0n) is 17.0. The van der Waals surface area contributed by atoms with Gasteiger partial charge in [0.1, 0.15) is 42.8 Å². The normalized spacial score (nSPS) is 12.2. The molecule has 0 bridgehead atoms. The summed E-state index contributed by atoms with van der Waals surface area (Å²) in [4.78, 5) is 25.7. The van der Waals surface area contributed by atoms with E-state index < -0.39 is 11.6 Å². The summed E-state index contributed by atoms with van der Waals surface area (Å²) in [7, 11) is 0. The van der Waals surface area contributed by atoms with Crippen LogP contribution >= 0.6 is 0 Å². The smallest absolute Gasteiger partial charge is 0.198 e. The summed E-state index contributed by atoms with van der Waals surface area (Å²) in [6, 6.07) is 14.5. The number of anilines is 1. The van der Waals surface area contributed by atoms with Crippen molar-refractivity contribution in [2.45, 2.75) is 0 Å². The van der Waals surface area contributed by atoms with Crippen molar-refractivity contribution in [1.29, 1.82) is 0 Å². The van der Waals surface area contributed by atoms with Gasteiger partial charge in [0, 0.05) is 17.2 Å². The lowest BCUT2D eigenvalue weighted by Crippen LogP contribution is -2.23. The molecule has 3 aromatic carbocycles. The van der Waals surface area contributed by atoms with Gasteiger partial charge in [0.25, 0.3) is 0 Å². The SMILES string of the molecule is Nc1c(OCCOc2ccc(OCCO)cc2)cc(O)c2c1C(=O)c1ccccc1C2=O. The predicted octanol–water partition coefficient (Wildman–Crippen LogP) is 2.58. The summed E-state index contributed by atoms with van der Waals surface area (Å²) in [6.07, 6.45) is 0. The molecule has 164 valence electrons. The number of ketones is 2. The standard InChI is InChI=1S/C24H21NO7/c25-22-19(32-12-11-31-15-7-5-14(6-8-15)30-10-9-26)13-18(27)20-21(22)24(29)17-4-2-1-3-16(17)23(20)28/h1-8,13,26-27H,9-12,25H2. The van der Waals surface area contributed by atoms with E-state index >= 15 is 0 Å². The minimum absolute atomic E-state index is 0.00367. The summed E-state index contributed by atoms with van der Waals surface area (Å²) in [5.41, 5.74) is 6.45. The van der Waals surface area contributed by atoms with Crippen LogP contribution in [0.4, 0.5) is 5.69 Å². The van der Waals surface area contributed by atoms with Gasteiger partial charge in [-0.2, -0.15) is 0 Å². The van der Waals surface area contributed by atoms with Crippen LogP contribution in [0.2, 0.25) is 0 Å². The summed E-state index contributed by atoms with van der Waals surface area (Å²) in [6.45, 7) is 0.403. The van der Waals surface area contributed by atoms with Gasteiger partial charge in [0.15, 0.2) is 11.6 Å². The fourth-order valence-electron chi connectivity index (χ4n) is 3.50. The third-order valence-corrected chi connectivity index (χ3v) is 4.97. The molecular formula is C24H21NO7. The zero-order valence-corrected chi connectivity index (χ0v) is 17.0. The third kappa shape index (κ3) is 3.95. The quantitative estimate of drug-likeness (QED) is 0.219. The second-order valence-electron chi connectivity index (χ2n) is 7.00. The number of carbonyl (C=O) groups excluding carboxylic acids is 2. The van der Waals surface area contributed by atoms with Crippen LogP contribution in [0, 0.1) is 0 Å². The number of benzene rings is 3. The van der Waals surface area contributed by atoms with E-state index in [4.69, 9.17) is 25.1 Å². The van der Waals surface area contributed by atoms with Crippen molar-refractivity contribution in [1.82, 2.24) is 0 Å². The van der Waals surface area contributed by atoms with Crippen molar-refractivity contribution in [2.75, 3.05) is 32.2 Å². The van der Waals surface area contributed by atoms with Crippen LogP contribution in [0.1, 0.15) is 31.8 Å². The van der Waals surface area contributed by atoms with Crippen molar-refractivity contribution in [3.63, 3.8) is 0 Å². The molecule has 0 radical (unpaired) electrons. The molecule has 0 amide bonds. The largest absolute Gasteiger partial charge is 0.507 e. The molecule has 3 aromatic rings. The summed E-state index contributed by atoms with van der Waals surface area (Å²) in [5, 5.41) is 19.2. The predicted molar refractivity (Wildman–Crippen MR) is 116 cm³/mol. The number of ether oxygens (including phenoxy) is 3. The lowest BCUT2D eigenvalue weighted by Gasteiger charge is -2.21. The Morgan fingerprint density at radius 1 is 0.750 bits per heavy atom. The molecule has 0 atom stereocenters. The average Bonchev–Trinajstić information content (AvgIpc) is 2.81. The first-order chi connectivity index (χ1) is 15.5. The average molecular weight is 435 g/mol. The molecule has 0 fully saturated rings. The van der Waals surface area contributed by atoms with Crippen LogP contribution in [0.3, 0.4) is 0 Å². The number of aromatic hydroxyl groups is 1. The molecule has 8 heteroatoms. The number of hydrogen-bond acceptors (Lipinski definition) is 8. The number of aliphatic hydroxyl groups is 1. The Hall–Kier alpha value is -4.04. The number of aliphatic hydroxyl groups excluding tert-OH is 1. The van der Waals surface area contributed by atoms with Crippen LogP contribution < -0.4 is 19.9 Å². The number of fused-ring (bicyclic) bond motifs is 2. The fraction of sp³-hybridized carbons (Fsp3) is 0.167. The fourth-order valence-corrected chi connectivity index (χ4v) is 3.50. The molecule has 0 heterocycles. The molecule has 0 aromatic heterocycles. The Kier molecular flexibility index (Phi) is 5.96. The van der Waals surface area contributed by atoms with Crippen molar-refractivity contribution in [3.05, 3.63) is 76.9 Å². The van der Waals surface area contributed by atoms with Crippen LogP contribution in [0.15, 0.2) is 54.6 Å². The monoisotopic (exact) mass is 435 g/mol. The maximum Gasteiger partial charge on any atom is 0.198 e. The van der Waals surface area contributed by atoms with E-state index in [1.54, 1.807) is 48.5 Å². The van der Waals surface area contributed by atoms with E-state index in [2.05, 4.69) is 0 Å². The Morgan fingerprint density at radius 3 is 1.88 bits per heavy atom. The molecule has 32 heavy (non-hydrogen) atoms. The Morgan fingerprint density at radius 2 is 1.28 bits per heavy atom. The molecule has 1 aliphatic carbocycles. The second kappa shape index (κ2) is 8.99. The molecule has 0 unspecified atom stereocenters. The first-order valence-corrected chi connectivity index (χ1v) is 9.94. The number of rotatable bonds is 8. The molecular weight excluding hydrogens is 414 g/mol. The van der Waals surface area contributed by atoms with Gasteiger partial charge < -0.3 is 30.2 Å². The van der Waals surface area contributed by atoms with Crippen molar-refractivity contribution in [3.8, 4) is 23.0 Å². The topological polar surface area (TPSA) is 128 Å². The van der Waals surface area contributed by atoms with E-state index in [9.17, 15) is 14.7 Å². The Labute approximate surface area is 183 Å². The summed E-state index contributed by atoms with van der Waals surface area (Å²) in [5.74, 6) is 0.0350. The molecule has 1 aliphatic rings. The van der Waals surface area contributed by atoms with E-state index in [1.165, 1.54) is 6.07 Å². The van der Waals surface area contributed by atoms with E-state index in [1.807, 2.05) is 0 Å². The van der Waals surface area contributed by atoms with Gasteiger partial charge in [-0.3, -0.25) is 9.59 Å². The van der Waals surface area contributed by atoms with Crippen LogP contribution in [-0.2, 0) is 0 Å². The highest BCUT2D eigenvalue weighted by Gasteiger charge is 2.35. The molecule has 0 spiro atoms. The third-order valence-electron chi connectivity index (χ3n) is 4.97. The van der Waals surface area contributed by atoms with Gasteiger partial charge in [-0.1, -0.05) is 24.3 Å². The van der Waals surface area contributed by atoms with Crippen LogP contribution in [0.25, 0.3) is 0 Å². The first kappa shape index (κ1) is 21.2. The number of phenolic OH excluding ortho intramolecular Hbond substituents is 1. The molecule has 0 saturated heterocycles. The summed E-state index contributed by atoms with van der Waals surface area (Å²) < 4.78 is 16.5. The van der Waals surface area contributed by atoms with Gasteiger partial charge in [-0.05, 0) is 24.3 Å². The molecule has 8 nitrogen and oxygen atoms in total. The number of nitrogens with two attached hydrogens (primary N) is 1. The maximum absolute atomic E-state index is 12.9. The Balaban J connectivity index is 1.45. The van der Waals surface area contributed by atoms with Crippen molar-refractivity contribution < 1.29 is 34.0 Å². The van der Waals surface area contributed by atoms with Gasteiger partial charge in [-0.25, -0.2) is 0 Å². The second-order valence-corrected chi connectivity index (χ2v) is 7.00. The van der Waals surface area contributed by atoms with Gasteiger partial charge >= 0.3 is 0 Å². The van der Waals surface area contributed by atoms with E-state index in [0.29, 0.717) is 11.5 Å². The van der Waals surface area contributed by atoms with E-state index in [-0.39, 0.29) is 65.9 Å². The van der Waals surface area contributed by atoms with Crippen LogP contribution in [-0.4, -0.2) is 48.2 Å². The van der Waals surface area contributed by atoms with Crippen molar-refractivity contribution >= 4 is 17.3 Å². The van der Waals surface area contributed by atoms with Gasteiger partial charge in [0.05, 0.1) is 23.4 Å². The maximum atomic E-state index is 12.9.